The van der Waals surface area contributed by atoms with Crippen molar-refractivity contribution in [3.63, 3.8) is 0 Å². The van der Waals surface area contributed by atoms with Gasteiger partial charge in [0, 0.05) is 47.8 Å². The van der Waals surface area contributed by atoms with Crippen LogP contribution in [0.3, 0.4) is 0 Å². The van der Waals surface area contributed by atoms with Gasteiger partial charge in [0.2, 0.25) is 0 Å². The molecule has 0 unspecified atom stereocenters. The number of benzene rings is 2. The minimum atomic E-state index is -0.482. The van der Waals surface area contributed by atoms with Crippen molar-refractivity contribution in [2.45, 2.75) is 39.8 Å². The van der Waals surface area contributed by atoms with Gasteiger partial charge in [-0.3, -0.25) is 14.7 Å². The van der Waals surface area contributed by atoms with Crippen LogP contribution in [0.15, 0.2) is 48.5 Å². The highest BCUT2D eigenvalue weighted by molar-refractivity contribution is 6.06. The molecule has 0 atom stereocenters. The lowest BCUT2D eigenvalue weighted by Crippen LogP contribution is -2.37. The molecule has 0 saturated carbocycles. The largest absolute Gasteiger partial charge is 0.494 e. The molecule has 3 aromatic rings. The van der Waals surface area contributed by atoms with Crippen LogP contribution in [0.1, 0.15) is 52.7 Å². The first kappa shape index (κ1) is 22.0. The van der Waals surface area contributed by atoms with E-state index in [1.54, 1.807) is 24.3 Å². The number of rotatable bonds is 7. The summed E-state index contributed by atoms with van der Waals surface area (Å²) in [6.07, 6.45) is 0.781. The molecule has 0 bridgehead atoms. The zero-order valence-electron chi connectivity index (χ0n) is 18.8. The Morgan fingerprint density at radius 3 is 2.56 bits per heavy atom. The van der Waals surface area contributed by atoms with Gasteiger partial charge in [-0.1, -0.05) is 18.2 Å². The summed E-state index contributed by atoms with van der Waals surface area (Å²) >= 11 is 0. The molecule has 1 aromatic heterocycles. The smallest absolute Gasteiger partial charge is 0.339 e. The van der Waals surface area contributed by atoms with E-state index in [1.807, 2.05) is 31.2 Å². The van der Waals surface area contributed by atoms with Gasteiger partial charge in [0.05, 0.1) is 17.7 Å². The average Bonchev–Trinajstić information content (AvgIpc) is 2.81. The van der Waals surface area contributed by atoms with Crippen LogP contribution in [0, 0.1) is 0 Å². The zero-order chi connectivity index (χ0) is 22.7. The fourth-order valence-corrected chi connectivity index (χ4v) is 4.08. The van der Waals surface area contributed by atoms with Crippen LogP contribution in [-0.2, 0) is 17.7 Å². The summed E-state index contributed by atoms with van der Waals surface area (Å²) in [5, 5.41) is 0.760. The predicted octanol–water partition coefficient (Wildman–Crippen LogP) is 4.44. The van der Waals surface area contributed by atoms with Gasteiger partial charge >= 0.3 is 5.97 Å². The first-order valence-electron chi connectivity index (χ1n) is 11.1. The SMILES string of the molecule is CCOc1ccc(C(=O)COC(=O)c2c3c(nc4ccccc24)CCN(C(C)C)C3)cc1. The Kier molecular flexibility index (Phi) is 6.51. The van der Waals surface area contributed by atoms with E-state index in [2.05, 4.69) is 18.7 Å². The van der Waals surface area contributed by atoms with Crippen LogP contribution in [0.25, 0.3) is 10.9 Å². The summed E-state index contributed by atoms with van der Waals surface area (Å²) < 4.78 is 10.9. The number of ketones is 1. The van der Waals surface area contributed by atoms with Crippen LogP contribution in [0.5, 0.6) is 5.75 Å². The Morgan fingerprint density at radius 1 is 1.09 bits per heavy atom. The lowest BCUT2D eigenvalue weighted by molar-refractivity contribution is 0.0473. The monoisotopic (exact) mass is 432 g/mol. The molecule has 4 rings (SSSR count). The lowest BCUT2D eigenvalue weighted by atomic mass is 9.95. The van der Waals surface area contributed by atoms with Crippen LogP contribution in [-0.4, -0.2) is 47.4 Å². The Labute approximate surface area is 188 Å². The van der Waals surface area contributed by atoms with Gasteiger partial charge < -0.3 is 9.47 Å². The van der Waals surface area contributed by atoms with Gasteiger partial charge in [0.25, 0.3) is 0 Å². The van der Waals surface area contributed by atoms with E-state index in [4.69, 9.17) is 14.5 Å². The molecule has 2 aromatic carbocycles. The quantitative estimate of drug-likeness (QED) is 0.406. The highest BCUT2D eigenvalue weighted by atomic mass is 16.5. The molecule has 0 N–H and O–H groups in total. The van der Waals surface area contributed by atoms with Crippen LogP contribution < -0.4 is 4.74 Å². The van der Waals surface area contributed by atoms with E-state index in [9.17, 15) is 9.59 Å². The van der Waals surface area contributed by atoms with Gasteiger partial charge in [0.15, 0.2) is 12.4 Å². The van der Waals surface area contributed by atoms with Crippen LogP contribution >= 0.6 is 0 Å². The summed E-state index contributed by atoms with van der Waals surface area (Å²) in [5.74, 6) is -0.0344. The zero-order valence-corrected chi connectivity index (χ0v) is 18.8. The molecule has 0 radical (unpaired) electrons. The molecule has 1 aliphatic rings. The van der Waals surface area contributed by atoms with E-state index in [-0.39, 0.29) is 12.4 Å². The maximum atomic E-state index is 13.2. The topological polar surface area (TPSA) is 68.7 Å². The molecule has 0 aliphatic carbocycles. The van der Waals surface area contributed by atoms with E-state index in [0.717, 1.165) is 35.1 Å². The maximum absolute atomic E-state index is 13.2. The third-order valence-electron chi connectivity index (χ3n) is 5.83. The molecule has 6 heteroatoms. The van der Waals surface area contributed by atoms with Crippen LogP contribution in [0.4, 0.5) is 0 Å². The highest BCUT2D eigenvalue weighted by Crippen LogP contribution is 2.29. The van der Waals surface area contributed by atoms with E-state index >= 15 is 0 Å². The second kappa shape index (κ2) is 9.49. The maximum Gasteiger partial charge on any atom is 0.339 e. The number of nitrogens with zero attached hydrogens (tertiary/aromatic N) is 2. The van der Waals surface area contributed by atoms with Crippen molar-refractivity contribution in [2.24, 2.45) is 0 Å². The van der Waals surface area contributed by atoms with Gasteiger partial charge in [-0.05, 0) is 51.1 Å². The number of ether oxygens (including phenoxy) is 2. The average molecular weight is 433 g/mol. The summed E-state index contributed by atoms with van der Waals surface area (Å²) in [6.45, 7) is 7.98. The molecule has 0 fully saturated rings. The summed E-state index contributed by atoms with van der Waals surface area (Å²) in [4.78, 5) is 33.0. The van der Waals surface area contributed by atoms with Gasteiger partial charge in [-0.2, -0.15) is 0 Å². The molecular formula is C26H28N2O4. The predicted molar refractivity (Wildman–Crippen MR) is 123 cm³/mol. The van der Waals surface area contributed by atoms with Crippen molar-refractivity contribution in [1.82, 2.24) is 9.88 Å². The number of carbonyl (C=O) groups excluding carboxylic acids is 2. The number of para-hydroxylation sites is 1. The molecule has 0 saturated heterocycles. The number of esters is 1. The third kappa shape index (κ3) is 4.50. The molecule has 0 amide bonds. The fraction of sp³-hybridized carbons (Fsp3) is 0.346. The Hall–Kier alpha value is -3.25. The van der Waals surface area contributed by atoms with E-state index in [1.165, 1.54) is 0 Å². The van der Waals surface area contributed by atoms with E-state index < -0.39 is 5.97 Å². The number of hydrogen-bond acceptors (Lipinski definition) is 6. The molecule has 0 spiro atoms. The van der Waals surface area contributed by atoms with Gasteiger partial charge in [-0.15, -0.1) is 0 Å². The minimum absolute atomic E-state index is 0.252. The first-order valence-corrected chi connectivity index (χ1v) is 11.1. The van der Waals surface area contributed by atoms with Crippen molar-refractivity contribution in [3.8, 4) is 5.75 Å². The van der Waals surface area contributed by atoms with Crippen molar-refractivity contribution in [3.05, 3.63) is 70.9 Å². The molecule has 166 valence electrons. The number of aromatic nitrogens is 1. The normalized spacial score (nSPS) is 13.8. The molecule has 2 heterocycles. The molecule has 32 heavy (non-hydrogen) atoms. The Balaban J connectivity index is 1.59. The number of Topliss-reactive ketones (excluding diaryl/α,β-unsaturated/α-hetero) is 1. The summed E-state index contributed by atoms with van der Waals surface area (Å²) in [6, 6.07) is 14.8. The van der Waals surface area contributed by atoms with Gasteiger partial charge in [-0.25, -0.2) is 4.79 Å². The second-order valence-corrected chi connectivity index (χ2v) is 8.20. The second-order valence-electron chi connectivity index (χ2n) is 8.20. The molecule has 6 nitrogen and oxygen atoms in total. The van der Waals surface area contributed by atoms with E-state index in [0.29, 0.717) is 36.1 Å². The van der Waals surface area contributed by atoms with Crippen molar-refractivity contribution in [2.75, 3.05) is 19.8 Å². The Bertz CT molecular complexity index is 1140. The summed E-state index contributed by atoms with van der Waals surface area (Å²) in [7, 11) is 0. The standard InChI is InChI=1S/C26H28N2O4/c1-4-31-19-11-9-18(10-12-19)24(29)16-32-26(30)25-20-7-5-6-8-22(20)27-23-13-14-28(17(2)3)15-21(23)25/h5-12,17H,4,13-16H2,1-3H3. The number of hydrogen-bond donors (Lipinski definition) is 0. The number of fused-ring (bicyclic) bond motifs is 2. The van der Waals surface area contributed by atoms with Crippen molar-refractivity contribution < 1.29 is 19.1 Å². The first-order chi connectivity index (χ1) is 15.5. The molecular weight excluding hydrogens is 404 g/mol. The lowest BCUT2D eigenvalue weighted by Gasteiger charge is -2.32. The Morgan fingerprint density at radius 2 is 1.84 bits per heavy atom. The van der Waals surface area contributed by atoms with Crippen molar-refractivity contribution in [1.29, 1.82) is 0 Å². The minimum Gasteiger partial charge on any atom is -0.494 e. The third-order valence-corrected chi connectivity index (χ3v) is 5.83. The number of pyridine rings is 1. The fourth-order valence-electron chi connectivity index (χ4n) is 4.08. The van der Waals surface area contributed by atoms with Gasteiger partial charge in [0.1, 0.15) is 5.75 Å². The summed E-state index contributed by atoms with van der Waals surface area (Å²) in [5.41, 5.74) is 3.62. The van der Waals surface area contributed by atoms with Crippen LogP contribution in [0.2, 0.25) is 0 Å². The van der Waals surface area contributed by atoms with Crippen molar-refractivity contribution >= 4 is 22.7 Å². The number of carbonyl (C=O) groups is 2. The molecule has 1 aliphatic heterocycles. The highest BCUT2D eigenvalue weighted by Gasteiger charge is 2.28.